The van der Waals surface area contributed by atoms with Crippen LogP contribution in [0.1, 0.15) is 44.7 Å². The maximum atomic E-state index is 12.8. The number of amides is 1. The second-order valence-corrected chi connectivity index (χ2v) is 6.44. The monoisotopic (exact) mass is 296 g/mol. The molecule has 0 fully saturated rings. The Balaban J connectivity index is 2.26. The van der Waals surface area contributed by atoms with Gasteiger partial charge in [-0.1, -0.05) is 44.2 Å². The van der Waals surface area contributed by atoms with Crippen LogP contribution in [0.25, 0.3) is 0 Å². The van der Waals surface area contributed by atoms with Crippen molar-refractivity contribution in [3.05, 3.63) is 59.7 Å². The number of rotatable bonds is 4. The lowest BCUT2D eigenvalue weighted by Crippen LogP contribution is -2.35. The van der Waals surface area contributed by atoms with Gasteiger partial charge in [0.05, 0.1) is 5.41 Å². The van der Waals surface area contributed by atoms with Crippen LogP contribution in [0.5, 0.6) is 0 Å². The number of nitrogens with two attached hydrogens (primary N) is 1. The fourth-order valence-corrected chi connectivity index (χ4v) is 2.42. The number of carbonyl (C=O) groups excluding carboxylic acids is 1. The van der Waals surface area contributed by atoms with Gasteiger partial charge in [-0.15, -0.1) is 0 Å². The Morgan fingerprint density at radius 3 is 2.23 bits per heavy atom. The molecule has 2 aromatic rings. The minimum Gasteiger partial charge on any atom is -0.399 e. The second kappa shape index (κ2) is 6.22. The van der Waals surface area contributed by atoms with Gasteiger partial charge in [-0.3, -0.25) is 4.79 Å². The Hall–Kier alpha value is -2.29. The van der Waals surface area contributed by atoms with Gasteiger partial charge in [0.1, 0.15) is 0 Å². The molecule has 0 spiro atoms. The van der Waals surface area contributed by atoms with Gasteiger partial charge in [0, 0.05) is 11.4 Å². The quantitative estimate of drug-likeness (QED) is 0.826. The van der Waals surface area contributed by atoms with Crippen molar-refractivity contribution in [2.45, 2.75) is 39.0 Å². The minimum atomic E-state index is -0.627. The number of hydrogen-bond acceptors (Lipinski definition) is 2. The van der Waals surface area contributed by atoms with Crippen molar-refractivity contribution < 1.29 is 4.79 Å². The van der Waals surface area contributed by atoms with E-state index in [0.717, 1.165) is 16.8 Å². The van der Waals surface area contributed by atoms with Crippen molar-refractivity contribution in [2.75, 3.05) is 11.1 Å². The number of carbonyl (C=O) groups is 1. The highest BCUT2D eigenvalue weighted by Crippen LogP contribution is 2.29. The number of anilines is 2. The van der Waals surface area contributed by atoms with Crippen LogP contribution in [0.15, 0.2) is 48.5 Å². The highest BCUT2D eigenvalue weighted by Gasteiger charge is 2.30. The molecule has 0 heterocycles. The summed E-state index contributed by atoms with van der Waals surface area (Å²) in [7, 11) is 0. The average molecular weight is 296 g/mol. The van der Waals surface area contributed by atoms with E-state index in [2.05, 4.69) is 25.2 Å². The van der Waals surface area contributed by atoms with Crippen molar-refractivity contribution >= 4 is 17.3 Å². The van der Waals surface area contributed by atoms with Crippen molar-refractivity contribution in [1.29, 1.82) is 0 Å². The molecule has 0 radical (unpaired) electrons. The van der Waals surface area contributed by atoms with Gasteiger partial charge in [-0.05, 0) is 49.1 Å². The third kappa shape index (κ3) is 3.30. The molecule has 1 amide bonds. The summed E-state index contributed by atoms with van der Waals surface area (Å²) in [4.78, 5) is 12.8. The summed E-state index contributed by atoms with van der Waals surface area (Å²) in [6, 6.07) is 15.4. The largest absolute Gasteiger partial charge is 0.399 e. The molecule has 0 aliphatic heterocycles. The van der Waals surface area contributed by atoms with E-state index in [0.29, 0.717) is 11.6 Å². The van der Waals surface area contributed by atoms with Crippen LogP contribution in [-0.2, 0) is 10.2 Å². The molecule has 0 aromatic heterocycles. The Morgan fingerprint density at radius 2 is 1.64 bits per heavy atom. The summed E-state index contributed by atoms with van der Waals surface area (Å²) in [5.74, 6) is 0.335. The van der Waals surface area contributed by atoms with E-state index in [4.69, 9.17) is 5.73 Å². The topological polar surface area (TPSA) is 55.1 Å². The van der Waals surface area contributed by atoms with Crippen LogP contribution >= 0.6 is 0 Å². The van der Waals surface area contributed by atoms with Gasteiger partial charge >= 0.3 is 0 Å². The molecule has 116 valence electrons. The molecular weight excluding hydrogens is 272 g/mol. The smallest absolute Gasteiger partial charge is 0.234 e. The molecule has 3 N–H and O–H groups in total. The molecule has 0 atom stereocenters. The lowest BCUT2D eigenvalue weighted by atomic mass is 9.83. The predicted molar refractivity (Wildman–Crippen MR) is 93.0 cm³/mol. The Morgan fingerprint density at radius 1 is 1.05 bits per heavy atom. The number of nitrogen functional groups attached to an aromatic ring is 1. The maximum absolute atomic E-state index is 12.8. The SMILES string of the molecule is CC(C)c1ccccc1NC(=O)C(C)(C)c1ccc(N)cc1. The summed E-state index contributed by atoms with van der Waals surface area (Å²) in [5.41, 5.74) is 8.76. The number of hydrogen-bond donors (Lipinski definition) is 2. The first-order chi connectivity index (χ1) is 10.3. The van der Waals surface area contributed by atoms with E-state index in [-0.39, 0.29) is 5.91 Å². The van der Waals surface area contributed by atoms with Crippen molar-refractivity contribution in [2.24, 2.45) is 0 Å². The van der Waals surface area contributed by atoms with E-state index < -0.39 is 5.41 Å². The standard InChI is InChI=1S/C19H24N2O/c1-13(2)16-7-5-6-8-17(16)21-18(22)19(3,4)14-9-11-15(20)12-10-14/h5-13H,20H2,1-4H3,(H,21,22). The molecule has 0 unspecified atom stereocenters. The van der Waals surface area contributed by atoms with Gasteiger partial charge in [-0.25, -0.2) is 0 Å². The van der Waals surface area contributed by atoms with E-state index in [1.165, 1.54) is 0 Å². The molecular formula is C19H24N2O. The van der Waals surface area contributed by atoms with Gasteiger partial charge in [0.25, 0.3) is 0 Å². The van der Waals surface area contributed by atoms with Gasteiger partial charge in [0.2, 0.25) is 5.91 Å². The van der Waals surface area contributed by atoms with E-state index in [9.17, 15) is 4.79 Å². The highest BCUT2D eigenvalue weighted by molar-refractivity contribution is 5.99. The second-order valence-electron chi connectivity index (χ2n) is 6.44. The van der Waals surface area contributed by atoms with Gasteiger partial charge in [0.15, 0.2) is 0 Å². The van der Waals surface area contributed by atoms with Gasteiger partial charge in [-0.2, -0.15) is 0 Å². The molecule has 0 aliphatic carbocycles. The molecule has 0 saturated carbocycles. The molecule has 2 rings (SSSR count). The van der Waals surface area contributed by atoms with Crippen LogP contribution in [0, 0.1) is 0 Å². The van der Waals surface area contributed by atoms with E-state index >= 15 is 0 Å². The summed E-state index contributed by atoms with van der Waals surface area (Å²) in [6.07, 6.45) is 0. The molecule has 22 heavy (non-hydrogen) atoms. The minimum absolute atomic E-state index is 0.0228. The molecule has 2 aromatic carbocycles. The maximum Gasteiger partial charge on any atom is 0.234 e. The fraction of sp³-hybridized carbons (Fsp3) is 0.316. The van der Waals surface area contributed by atoms with Crippen molar-refractivity contribution in [1.82, 2.24) is 0 Å². The van der Waals surface area contributed by atoms with E-state index in [1.54, 1.807) is 0 Å². The molecule has 3 nitrogen and oxygen atoms in total. The third-order valence-corrected chi connectivity index (χ3v) is 4.03. The van der Waals surface area contributed by atoms with Crippen molar-refractivity contribution in [3.8, 4) is 0 Å². The number of nitrogens with one attached hydrogen (secondary N) is 1. The van der Waals surface area contributed by atoms with E-state index in [1.807, 2.05) is 56.3 Å². The summed E-state index contributed by atoms with van der Waals surface area (Å²) in [6.45, 7) is 8.09. The molecule has 0 saturated heterocycles. The van der Waals surface area contributed by atoms with Crippen LogP contribution in [-0.4, -0.2) is 5.91 Å². The number of benzene rings is 2. The zero-order chi connectivity index (χ0) is 16.3. The summed E-state index contributed by atoms with van der Waals surface area (Å²) < 4.78 is 0. The zero-order valence-electron chi connectivity index (χ0n) is 13.7. The lowest BCUT2D eigenvalue weighted by Gasteiger charge is -2.25. The summed E-state index contributed by atoms with van der Waals surface area (Å²) in [5, 5.41) is 3.08. The lowest BCUT2D eigenvalue weighted by molar-refractivity contribution is -0.120. The first-order valence-corrected chi connectivity index (χ1v) is 7.58. The molecule has 3 heteroatoms. The highest BCUT2D eigenvalue weighted by atomic mass is 16.2. The normalized spacial score (nSPS) is 11.5. The van der Waals surface area contributed by atoms with Gasteiger partial charge < -0.3 is 11.1 Å². The Labute approximate surface area is 132 Å². The molecule has 0 aliphatic rings. The van der Waals surface area contributed by atoms with Crippen LogP contribution in [0.4, 0.5) is 11.4 Å². The molecule has 0 bridgehead atoms. The Bertz CT molecular complexity index is 657. The predicted octanol–water partition coefficient (Wildman–Crippen LogP) is 4.31. The fourth-order valence-electron chi connectivity index (χ4n) is 2.42. The van der Waals surface area contributed by atoms with Crippen molar-refractivity contribution in [3.63, 3.8) is 0 Å². The first-order valence-electron chi connectivity index (χ1n) is 7.58. The van der Waals surface area contributed by atoms with Crippen LogP contribution in [0.3, 0.4) is 0 Å². The zero-order valence-corrected chi connectivity index (χ0v) is 13.7. The van der Waals surface area contributed by atoms with Crippen LogP contribution in [0.2, 0.25) is 0 Å². The number of para-hydroxylation sites is 1. The third-order valence-electron chi connectivity index (χ3n) is 4.03. The van der Waals surface area contributed by atoms with Crippen LogP contribution < -0.4 is 11.1 Å². The first kappa shape index (κ1) is 16.1. The Kier molecular flexibility index (Phi) is 4.55. The summed E-state index contributed by atoms with van der Waals surface area (Å²) >= 11 is 0. The average Bonchev–Trinajstić information content (AvgIpc) is 2.48.